The predicted octanol–water partition coefficient (Wildman–Crippen LogP) is 3.01. The van der Waals surface area contributed by atoms with Crippen LogP contribution in [-0.2, 0) is 26.4 Å². The number of methoxy groups -OCH3 is 1. The number of nitrogens with zero attached hydrogens (tertiary/aromatic N) is 2. The standard InChI is InChI=1S/C24H24N4O5S/c1-15(16-7-9-18(10-8-16)34(31,32)14-22(29)33-3)26-24(30)21-13-20(27-28(21)2)19-6-4-5-17-11-12-25-23(17)19/h4-13,15,25H,14H2,1-3H3,(H,26,30)/t15-/m1/s1. The number of fused-ring (bicyclic) bond motifs is 1. The molecule has 0 fully saturated rings. The zero-order valence-electron chi connectivity index (χ0n) is 18.9. The highest BCUT2D eigenvalue weighted by molar-refractivity contribution is 7.92. The van der Waals surface area contributed by atoms with E-state index in [2.05, 4.69) is 20.1 Å². The monoisotopic (exact) mass is 480 g/mol. The Morgan fingerprint density at radius 2 is 1.88 bits per heavy atom. The number of aromatic amines is 1. The first kappa shape index (κ1) is 23.2. The van der Waals surface area contributed by atoms with E-state index in [1.165, 1.54) is 16.8 Å². The molecule has 2 N–H and O–H groups in total. The Morgan fingerprint density at radius 3 is 2.59 bits per heavy atom. The van der Waals surface area contributed by atoms with Gasteiger partial charge < -0.3 is 15.0 Å². The van der Waals surface area contributed by atoms with E-state index < -0.39 is 27.6 Å². The third kappa shape index (κ3) is 4.58. The minimum Gasteiger partial charge on any atom is -0.468 e. The van der Waals surface area contributed by atoms with Crippen LogP contribution in [0.5, 0.6) is 0 Å². The van der Waals surface area contributed by atoms with Gasteiger partial charge in [-0.05, 0) is 36.8 Å². The van der Waals surface area contributed by atoms with Crippen molar-refractivity contribution in [3.8, 4) is 11.3 Å². The zero-order valence-corrected chi connectivity index (χ0v) is 19.7. The predicted molar refractivity (Wildman–Crippen MR) is 127 cm³/mol. The molecule has 2 aromatic heterocycles. The molecular weight excluding hydrogens is 456 g/mol. The molecule has 0 spiro atoms. The Balaban J connectivity index is 1.50. The number of carbonyl (C=O) groups is 2. The summed E-state index contributed by atoms with van der Waals surface area (Å²) in [6.45, 7) is 1.80. The first-order valence-electron chi connectivity index (χ1n) is 10.5. The van der Waals surface area contributed by atoms with E-state index in [-0.39, 0.29) is 10.8 Å². The summed E-state index contributed by atoms with van der Waals surface area (Å²) in [6, 6.07) is 15.2. The summed E-state index contributed by atoms with van der Waals surface area (Å²) in [5.74, 6) is -1.86. The number of ether oxygens (including phenoxy) is 1. The van der Waals surface area contributed by atoms with Crippen molar-refractivity contribution in [2.45, 2.75) is 17.9 Å². The zero-order chi connectivity index (χ0) is 24.5. The number of amides is 1. The number of hydrogen-bond donors (Lipinski definition) is 2. The largest absolute Gasteiger partial charge is 0.468 e. The van der Waals surface area contributed by atoms with Gasteiger partial charge in [-0.2, -0.15) is 5.10 Å². The fourth-order valence-corrected chi connectivity index (χ4v) is 4.87. The number of H-pyrrole nitrogens is 1. The molecule has 0 aliphatic rings. The molecule has 1 amide bonds. The highest BCUT2D eigenvalue weighted by Crippen LogP contribution is 2.27. The van der Waals surface area contributed by atoms with Crippen LogP contribution >= 0.6 is 0 Å². The highest BCUT2D eigenvalue weighted by atomic mass is 32.2. The van der Waals surface area contributed by atoms with Gasteiger partial charge in [0.05, 0.1) is 29.3 Å². The van der Waals surface area contributed by atoms with Gasteiger partial charge in [0.15, 0.2) is 15.6 Å². The molecule has 0 bridgehead atoms. The van der Waals surface area contributed by atoms with Crippen molar-refractivity contribution < 1.29 is 22.7 Å². The van der Waals surface area contributed by atoms with Crippen LogP contribution in [0.25, 0.3) is 22.2 Å². The molecule has 176 valence electrons. The van der Waals surface area contributed by atoms with Gasteiger partial charge in [-0.1, -0.05) is 30.3 Å². The van der Waals surface area contributed by atoms with Crippen molar-refractivity contribution in [3.63, 3.8) is 0 Å². The van der Waals surface area contributed by atoms with E-state index in [4.69, 9.17) is 0 Å². The Labute approximate surface area is 196 Å². The highest BCUT2D eigenvalue weighted by Gasteiger charge is 2.21. The third-order valence-corrected chi connectivity index (χ3v) is 7.20. The maximum atomic E-state index is 13.0. The van der Waals surface area contributed by atoms with E-state index in [0.717, 1.165) is 23.6 Å². The van der Waals surface area contributed by atoms with Crippen LogP contribution in [0.2, 0.25) is 0 Å². The van der Waals surface area contributed by atoms with Crippen LogP contribution in [0.1, 0.15) is 29.0 Å². The first-order valence-corrected chi connectivity index (χ1v) is 12.2. The summed E-state index contributed by atoms with van der Waals surface area (Å²) >= 11 is 0. The van der Waals surface area contributed by atoms with Crippen LogP contribution in [0.3, 0.4) is 0 Å². The summed E-state index contributed by atoms with van der Waals surface area (Å²) < 4.78 is 30.5. The van der Waals surface area contributed by atoms with Crippen LogP contribution in [0.15, 0.2) is 65.7 Å². The van der Waals surface area contributed by atoms with Crippen molar-refractivity contribution in [2.24, 2.45) is 7.05 Å². The lowest BCUT2D eigenvalue weighted by Crippen LogP contribution is -2.28. The molecule has 0 unspecified atom stereocenters. The SMILES string of the molecule is COC(=O)CS(=O)(=O)c1ccc([C@@H](C)NC(=O)c2cc(-c3cccc4cc[nH]c34)nn2C)cc1. The van der Waals surface area contributed by atoms with Gasteiger partial charge in [0.25, 0.3) is 5.91 Å². The molecule has 0 radical (unpaired) electrons. The normalized spacial score (nSPS) is 12.4. The van der Waals surface area contributed by atoms with E-state index in [9.17, 15) is 18.0 Å². The smallest absolute Gasteiger partial charge is 0.321 e. The van der Waals surface area contributed by atoms with Gasteiger partial charge in [-0.25, -0.2) is 8.42 Å². The Kier molecular flexibility index (Phi) is 6.25. The second-order valence-corrected chi connectivity index (χ2v) is 9.87. The minimum absolute atomic E-state index is 0.00921. The number of carbonyl (C=O) groups excluding carboxylic acids is 2. The number of aryl methyl sites for hydroxylation is 1. The first-order chi connectivity index (χ1) is 16.2. The molecule has 0 aliphatic heterocycles. The van der Waals surface area contributed by atoms with Crippen LogP contribution in [-0.4, -0.2) is 47.9 Å². The average Bonchev–Trinajstić information content (AvgIpc) is 3.45. The number of hydrogen-bond acceptors (Lipinski definition) is 6. The Bertz CT molecular complexity index is 1470. The summed E-state index contributed by atoms with van der Waals surface area (Å²) in [7, 11) is -0.954. The molecule has 34 heavy (non-hydrogen) atoms. The fraction of sp³-hybridized carbons (Fsp3) is 0.208. The minimum atomic E-state index is -3.80. The van der Waals surface area contributed by atoms with Gasteiger partial charge in [-0.3, -0.25) is 14.3 Å². The van der Waals surface area contributed by atoms with Crippen LogP contribution in [0.4, 0.5) is 0 Å². The number of sulfone groups is 1. The van der Waals surface area contributed by atoms with Crippen molar-refractivity contribution in [2.75, 3.05) is 12.9 Å². The molecule has 0 saturated carbocycles. The lowest BCUT2D eigenvalue weighted by molar-refractivity contribution is -0.137. The fourth-order valence-electron chi connectivity index (χ4n) is 3.72. The molecule has 10 heteroatoms. The van der Waals surface area contributed by atoms with E-state index in [0.29, 0.717) is 17.0 Å². The molecule has 4 aromatic rings. The number of esters is 1. The van der Waals surface area contributed by atoms with E-state index >= 15 is 0 Å². The maximum absolute atomic E-state index is 13.0. The van der Waals surface area contributed by atoms with E-state index in [1.807, 2.05) is 30.5 Å². The quantitative estimate of drug-likeness (QED) is 0.392. The second kappa shape index (κ2) is 9.14. The lowest BCUT2D eigenvalue weighted by Gasteiger charge is -2.15. The number of aromatic nitrogens is 3. The number of nitrogens with one attached hydrogen (secondary N) is 2. The number of para-hydroxylation sites is 1. The summed E-state index contributed by atoms with van der Waals surface area (Å²) in [5, 5.41) is 8.49. The summed E-state index contributed by atoms with van der Waals surface area (Å²) in [4.78, 5) is 27.5. The van der Waals surface area contributed by atoms with Gasteiger partial charge in [0.2, 0.25) is 0 Å². The number of benzene rings is 2. The molecule has 0 aliphatic carbocycles. The van der Waals surface area contributed by atoms with Gasteiger partial charge in [0.1, 0.15) is 5.69 Å². The number of rotatable bonds is 7. The van der Waals surface area contributed by atoms with E-state index in [1.54, 1.807) is 32.2 Å². The molecular formula is C24H24N4O5S. The molecule has 2 heterocycles. The summed E-state index contributed by atoms with van der Waals surface area (Å²) in [6.07, 6.45) is 1.86. The second-order valence-electron chi connectivity index (χ2n) is 7.89. The Hall–Kier alpha value is -3.92. The third-order valence-electron chi connectivity index (χ3n) is 5.60. The lowest BCUT2D eigenvalue weighted by atomic mass is 10.1. The maximum Gasteiger partial charge on any atom is 0.321 e. The van der Waals surface area contributed by atoms with Crippen molar-refractivity contribution in [1.82, 2.24) is 20.1 Å². The molecule has 9 nitrogen and oxygen atoms in total. The van der Waals surface area contributed by atoms with Crippen LogP contribution < -0.4 is 5.32 Å². The molecule has 4 rings (SSSR count). The van der Waals surface area contributed by atoms with Crippen molar-refractivity contribution in [3.05, 3.63) is 72.1 Å². The summed E-state index contributed by atoms with van der Waals surface area (Å²) in [5.41, 5.74) is 3.62. The molecule has 1 atom stereocenters. The Morgan fingerprint density at radius 1 is 1.15 bits per heavy atom. The van der Waals surface area contributed by atoms with Crippen LogP contribution in [0, 0.1) is 0 Å². The van der Waals surface area contributed by atoms with Crippen molar-refractivity contribution in [1.29, 1.82) is 0 Å². The van der Waals surface area contributed by atoms with Crippen molar-refractivity contribution >= 4 is 32.6 Å². The molecule has 0 saturated heterocycles. The molecule has 2 aromatic carbocycles. The average molecular weight is 481 g/mol. The van der Waals surface area contributed by atoms with Gasteiger partial charge >= 0.3 is 5.97 Å². The van der Waals surface area contributed by atoms with Gasteiger partial charge in [0, 0.05) is 24.2 Å². The topological polar surface area (TPSA) is 123 Å². The van der Waals surface area contributed by atoms with Gasteiger partial charge in [-0.15, -0.1) is 0 Å².